The molecule has 0 N–H and O–H groups in total. The SMILES string of the molecule is C=Cc1ccc(CC(S(=O)(=O)C(F)(F)F)S(=O)(=O)C(F)(F)F)cc1. The molecule has 4 nitrogen and oxygen atoms in total. The van der Waals surface area contributed by atoms with Gasteiger partial charge >= 0.3 is 11.0 Å². The van der Waals surface area contributed by atoms with Crippen molar-refractivity contribution in [3.63, 3.8) is 0 Å². The molecule has 0 heterocycles. The van der Waals surface area contributed by atoms with Crippen LogP contribution in [-0.4, -0.2) is 32.4 Å². The van der Waals surface area contributed by atoms with Crippen LogP contribution in [0.5, 0.6) is 0 Å². The highest BCUT2D eigenvalue weighted by Crippen LogP contribution is 2.37. The Kier molecular flexibility index (Phi) is 5.45. The average molecular weight is 396 g/mol. The molecule has 0 saturated heterocycles. The fraction of sp³-hybridized carbons (Fsp3) is 0.333. The molecule has 136 valence electrons. The molecule has 0 amide bonds. The molecule has 0 unspecified atom stereocenters. The second kappa shape index (κ2) is 6.39. The van der Waals surface area contributed by atoms with Crippen molar-refractivity contribution in [3.05, 3.63) is 42.0 Å². The maximum atomic E-state index is 12.6. The van der Waals surface area contributed by atoms with Gasteiger partial charge in [0.25, 0.3) is 19.7 Å². The van der Waals surface area contributed by atoms with Crippen molar-refractivity contribution in [2.45, 2.75) is 22.0 Å². The van der Waals surface area contributed by atoms with Crippen molar-refractivity contribution >= 4 is 25.8 Å². The summed E-state index contributed by atoms with van der Waals surface area (Å²) in [6.07, 6.45) is -0.179. The molecule has 0 aliphatic carbocycles. The van der Waals surface area contributed by atoms with E-state index in [4.69, 9.17) is 0 Å². The summed E-state index contributed by atoms with van der Waals surface area (Å²) in [5.74, 6) is 0. The van der Waals surface area contributed by atoms with Gasteiger partial charge in [-0.15, -0.1) is 0 Å². The molecule has 1 rings (SSSR count). The van der Waals surface area contributed by atoms with Gasteiger partial charge in [0, 0.05) is 6.42 Å². The molecule has 0 bridgehead atoms. The monoisotopic (exact) mass is 396 g/mol. The Bertz CT molecular complexity index is 761. The minimum absolute atomic E-state index is 0.328. The van der Waals surface area contributed by atoms with Crippen LogP contribution in [0.15, 0.2) is 30.8 Å². The van der Waals surface area contributed by atoms with E-state index in [1.807, 2.05) is 0 Å². The van der Waals surface area contributed by atoms with Gasteiger partial charge in [-0.05, 0) is 11.1 Å². The molecule has 0 aliphatic rings. The standard InChI is InChI=1S/C12H10F6O4S2/c1-2-8-3-5-9(6-4-8)7-10(23(19,20)11(13,14)15)24(21,22)12(16,17)18/h2-6,10H,1,7H2. The zero-order valence-electron chi connectivity index (χ0n) is 11.6. The van der Waals surface area contributed by atoms with Crippen LogP contribution in [0.2, 0.25) is 0 Å². The lowest BCUT2D eigenvalue weighted by atomic mass is 10.1. The molecule has 0 aromatic heterocycles. The maximum absolute atomic E-state index is 12.6. The number of hydrogen-bond donors (Lipinski definition) is 0. The number of hydrogen-bond acceptors (Lipinski definition) is 4. The first-order valence-electron chi connectivity index (χ1n) is 5.96. The summed E-state index contributed by atoms with van der Waals surface area (Å²) < 4.78 is 117. The molecule has 1 aromatic carbocycles. The first-order valence-corrected chi connectivity index (χ1v) is 9.05. The van der Waals surface area contributed by atoms with E-state index >= 15 is 0 Å². The number of benzene rings is 1. The van der Waals surface area contributed by atoms with Crippen molar-refractivity contribution in [2.75, 3.05) is 0 Å². The van der Waals surface area contributed by atoms with Gasteiger partial charge < -0.3 is 0 Å². The average Bonchev–Trinajstić information content (AvgIpc) is 2.42. The van der Waals surface area contributed by atoms with E-state index in [0.717, 1.165) is 12.1 Å². The first-order chi connectivity index (χ1) is 10.6. The Balaban J connectivity index is 3.48. The molecular formula is C12H10F6O4S2. The summed E-state index contributed by atoms with van der Waals surface area (Å²) >= 11 is 0. The molecule has 12 heteroatoms. The number of halogens is 6. The predicted octanol–water partition coefficient (Wildman–Crippen LogP) is 3.07. The Hall–Kier alpha value is -1.56. The highest BCUT2D eigenvalue weighted by molar-refractivity contribution is 8.09. The fourth-order valence-electron chi connectivity index (χ4n) is 1.67. The lowest BCUT2D eigenvalue weighted by molar-refractivity contribution is -0.0471. The van der Waals surface area contributed by atoms with Gasteiger partial charge in [-0.25, -0.2) is 16.8 Å². The predicted molar refractivity (Wildman–Crippen MR) is 74.0 cm³/mol. The number of alkyl halides is 6. The minimum Gasteiger partial charge on any atom is -0.218 e. The number of rotatable bonds is 5. The molecule has 0 aliphatic heterocycles. The first kappa shape index (κ1) is 20.5. The molecular weight excluding hydrogens is 386 g/mol. The fourth-order valence-corrected chi connectivity index (χ4v) is 5.08. The summed E-state index contributed by atoms with van der Waals surface area (Å²) in [5, 5.41) is 0. The van der Waals surface area contributed by atoms with E-state index in [1.165, 1.54) is 18.2 Å². The van der Waals surface area contributed by atoms with E-state index in [-0.39, 0.29) is 5.56 Å². The molecule has 0 radical (unpaired) electrons. The van der Waals surface area contributed by atoms with Gasteiger partial charge in [-0.1, -0.05) is 36.9 Å². The van der Waals surface area contributed by atoms with Crippen molar-refractivity contribution in [3.8, 4) is 0 Å². The van der Waals surface area contributed by atoms with Crippen LogP contribution in [0.1, 0.15) is 11.1 Å². The van der Waals surface area contributed by atoms with Crippen LogP contribution in [0.4, 0.5) is 26.3 Å². The lowest BCUT2D eigenvalue weighted by Gasteiger charge is -2.21. The van der Waals surface area contributed by atoms with Crippen molar-refractivity contribution in [2.24, 2.45) is 0 Å². The van der Waals surface area contributed by atoms with Crippen molar-refractivity contribution in [1.29, 1.82) is 0 Å². The molecule has 1 aromatic rings. The maximum Gasteiger partial charge on any atom is 0.498 e. The zero-order valence-corrected chi connectivity index (χ0v) is 13.2. The van der Waals surface area contributed by atoms with Crippen LogP contribution in [-0.2, 0) is 26.1 Å². The van der Waals surface area contributed by atoms with Crippen LogP contribution in [0.25, 0.3) is 6.08 Å². The van der Waals surface area contributed by atoms with Crippen LogP contribution < -0.4 is 0 Å². The number of sulfone groups is 2. The van der Waals surface area contributed by atoms with E-state index in [0.29, 0.717) is 5.56 Å². The van der Waals surface area contributed by atoms with Gasteiger partial charge in [0.2, 0.25) is 0 Å². The normalized spacial score (nSPS) is 14.0. The third-order valence-electron chi connectivity index (χ3n) is 2.96. The summed E-state index contributed by atoms with van der Waals surface area (Å²) in [6.45, 7) is 3.38. The topological polar surface area (TPSA) is 68.3 Å². The molecule has 0 saturated carbocycles. The Morgan fingerprint density at radius 2 is 1.25 bits per heavy atom. The second-order valence-corrected chi connectivity index (χ2v) is 9.10. The van der Waals surface area contributed by atoms with Crippen LogP contribution >= 0.6 is 0 Å². The van der Waals surface area contributed by atoms with E-state index < -0.39 is 41.7 Å². The Morgan fingerprint density at radius 1 is 0.875 bits per heavy atom. The van der Waals surface area contributed by atoms with E-state index in [9.17, 15) is 43.2 Å². The van der Waals surface area contributed by atoms with Gasteiger partial charge in [0.15, 0.2) is 4.58 Å². The summed E-state index contributed by atoms with van der Waals surface area (Å²) in [4.78, 5) is 0. The van der Waals surface area contributed by atoms with E-state index in [2.05, 4.69) is 6.58 Å². The highest BCUT2D eigenvalue weighted by atomic mass is 32.3. The third-order valence-corrected chi connectivity index (χ3v) is 7.48. The van der Waals surface area contributed by atoms with Gasteiger partial charge in [0.1, 0.15) is 0 Å². The largest absolute Gasteiger partial charge is 0.498 e. The molecule has 0 spiro atoms. The molecule has 0 atom stereocenters. The second-order valence-electron chi connectivity index (χ2n) is 4.56. The Morgan fingerprint density at radius 3 is 1.54 bits per heavy atom. The Labute approximate surface area is 133 Å². The smallest absolute Gasteiger partial charge is 0.218 e. The van der Waals surface area contributed by atoms with Crippen molar-refractivity contribution in [1.82, 2.24) is 0 Å². The summed E-state index contributed by atoms with van der Waals surface area (Å²) in [7, 11) is -13.2. The molecule has 0 fully saturated rings. The van der Waals surface area contributed by atoms with Crippen LogP contribution in [0, 0.1) is 0 Å². The van der Waals surface area contributed by atoms with Crippen molar-refractivity contribution < 1.29 is 43.2 Å². The summed E-state index contributed by atoms with van der Waals surface area (Å²) in [6, 6.07) is 4.50. The molecule has 24 heavy (non-hydrogen) atoms. The zero-order chi connectivity index (χ0) is 19.0. The van der Waals surface area contributed by atoms with Crippen LogP contribution in [0.3, 0.4) is 0 Å². The van der Waals surface area contributed by atoms with Gasteiger partial charge in [0.05, 0.1) is 0 Å². The van der Waals surface area contributed by atoms with Gasteiger partial charge in [-0.2, -0.15) is 26.3 Å². The highest BCUT2D eigenvalue weighted by Gasteiger charge is 2.62. The summed E-state index contributed by atoms with van der Waals surface area (Å²) in [5.41, 5.74) is -12.2. The van der Waals surface area contributed by atoms with E-state index in [1.54, 1.807) is 0 Å². The quantitative estimate of drug-likeness (QED) is 0.718. The van der Waals surface area contributed by atoms with Gasteiger partial charge in [-0.3, -0.25) is 0 Å². The third kappa shape index (κ3) is 3.91. The minimum atomic E-state index is -6.62. The lowest BCUT2D eigenvalue weighted by Crippen LogP contribution is -2.46.